The molecule has 1 aromatic carbocycles. The Morgan fingerprint density at radius 1 is 1.20 bits per heavy atom. The molecule has 0 N–H and O–H groups in total. The molecular weight excluding hydrogens is 595 g/mol. The van der Waals surface area contributed by atoms with Crippen LogP contribution in [-0.4, -0.2) is 36.6 Å². The van der Waals surface area contributed by atoms with Crippen molar-refractivity contribution < 1.29 is 9.53 Å². The molecule has 0 spiro atoms. The number of rotatable bonds is 2. The van der Waals surface area contributed by atoms with Gasteiger partial charge in [0, 0.05) is 17.3 Å². The third-order valence-electron chi connectivity index (χ3n) is 4.07. The molecule has 0 amide bonds. The maximum Gasteiger partial charge on any atom is 0.339 e. The van der Waals surface area contributed by atoms with Crippen LogP contribution >= 0.6 is 67.8 Å². The lowest BCUT2D eigenvalue weighted by Gasteiger charge is -2.43. The van der Waals surface area contributed by atoms with Crippen LogP contribution in [0.2, 0.25) is 0 Å². The van der Waals surface area contributed by atoms with Crippen LogP contribution in [-0.2, 0) is 4.74 Å². The summed E-state index contributed by atoms with van der Waals surface area (Å²) in [6.07, 6.45) is 2.41. The Kier molecular flexibility index (Phi) is 5.13. The van der Waals surface area contributed by atoms with Gasteiger partial charge in [-0.1, -0.05) is 0 Å². The Morgan fingerprint density at radius 3 is 2.50 bits per heavy atom. The van der Waals surface area contributed by atoms with Gasteiger partial charge < -0.3 is 4.74 Å². The molecule has 2 bridgehead atoms. The molecule has 3 fully saturated rings. The first-order valence-corrected chi connectivity index (χ1v) is 9.86. The maximum absolute atomic E-state index is 12.5. The van der Waals surface area contributed by atoms with E-state index in [0.29, 0.717) is 11.5 Å². The number of hydrogen-bond acceptors (Lipinski definition) is 3. The molecule has 0 aromatic heterocycles. The van der Waals surface area contributed by atoms with Gasteiger partial charge in [-0.05, 0) is 112 Å². The minimum atomic E-state index is -0.162. The van der Waals surface area contributed by atoms with E-state index in [1.54, 1.807) is 0 Å². The fourth-order valence-electron chi connectivity index (χ4n) is 2.95. The second-order valence-corrected chi connectivity index (χ2v) is 8.82. The van der Waals surface area contributed by atoms with E-state index in [-0.39, 0.29) is 12.1 Å². The average Bonchev–Trinajstić information content (AvgIpc) is 2.44. The Bertz CT molecular complexity index is 541. The molecule has 3 nitrogen and oxygen atoms in total. The van der Waals surface area contributed by atoms with E-state index in [9.17, 15) is 4.79 Å². The van der Waals surface area contributed by atoms with Crippen LogP contribution in [0.1, 0.15) is 23.2 Å². The van der Waals surface area contributed by atoms with Crippen molar-refractivity contribution in [2.75, 3.05) is 19.6 Å². The van der Waals surface area contributed by atoms with E-state index in [0.717, 1.165) is 30.3 Å². The minimum Gasteiger partial charge on any atom is -0.457 e. The molecule has 1 aromatic rings. The summed E-state index contributed by atoms with van der Waals surface area (Å²) in [6.45, 7) is 3.24. The highest BCUT2D eigenvalue weighted by Crippen LogP contribution is 2.31. The quantitative estimate of drug-likeness (QED) is 0.291. The molecular formula is C14H14I3NO2. The Hall–Kier alpha value is 0.840. The topological polar surface area (TPSA) is 29.5 Å². The van der Waals surface area contributed by atoms with Crippen molar-refractivity contribution >= 4 is 73.7 Å². The van der Waals surface area contributed by atoms with Crippen molar-refractivity contribution in [1.82, 2.24) is 4.90 Å². The fraction of sp³-hybridized carbons (Fsp3) is 0.500. The standard InChI is InChI=1S/C14H14I3NO2/c15-9-5-10(13(17)11(16)6-9)14(19)20-12-7-18-3-1-8(12)2-4-18/h5-6,8,12H,1-4,7H2. The zero-order chi connectivity index (χ0) is 14.3. The lowest BCUT2D eigenvalue weighted by Crippen LogP contribution is -2.51. The number of carbonyl (C=O) groups is 1. The number of ether oxygens (including phenoxy) is 1. The summed E-state index contributed by atoms with van der Waals surface area (Å²) >= 11 is 6.75. The lowest BCUT2D eigenvalue weighted by atomic mass is 9.86. The van der Waals surface area contributed by atoms with Crippen LogP contribution < -0.4 is 0 Å². The summed E-state index contributed by atoms with van der Waals surface area (Å²) in [7, 11) is 0. The molecule has 3 aliphatic rings. The van der Waals surface area contributed by atoms with Gasteiger partial charge in [-0.25, -0.2) is 4.79 Å². The van der Waals surface area contributed by atoms with Crippen LogP contribution in [0.25, 0.3) is 0 Å². The maximum atomic E-state index is 12.5. The first-order valence-electron chi connectivity index (χ1n) is 6.62. The smallest absolute Gasteiger partial charge is 0.339 e. The fourth-order valence-corrected chi connectivity index (χ4v) is 5.33. The zero-order valence-corrected chi connectivity index (χ0v) is 17.2. The summed E-state index contributed by atoms with van der Waals surface area (Å²) in [5, 5.41) is 0. The second-order valence-electron chi connectivity index (χ2n) is 5.33. The Labute approximate surface area is 159 Å². The van der Waals surface area contributed by atoms with Crippen LogP contribution in [0.4, 0.5) is 0 Å². The Balaban J connectivity index is 1.77. The summed E-state index contributed by atoms with van der Waals surface area (Å²) < 4.78 is 8.99. The number of hydrogen-bond donors (Lipinski definition) is 0. The summed E-state index contributed by atoms with van der Waals surface area (Å²) in [5.41, 5.74) is 0.707. The number of halogens is 3. The minimum absolute atomic E-state index is 0.0799. The molecule has 1 unspecified atom stereocenters. The van der Waals surface area contributed by atoms with Gasteiger partial charge in [0.05, 0.1) is 5.56 Å². The van der Waals surface area contributed by atoms with Crippen LogP contribution in [0, 0.1) is 16.6 Å². The van der Waals surface area contributed by atoms with Crippen LogP contribution in [0.3, 0.4) is 0 Å². The van der Waals surface area contributed by atoms with E-state index in [1.165, 1.54) is 12.8 Å². The average molecular weight is 609 g/mol. The lowest BCUT2D eigenvalue weighted by molar-refractivity contribution is -0.0456. The molecule has 3 saturated heterocycles. The van der Waals surface area contributed by atoms with Crippen molar-refractivity contribution in [2.24, 2.45) is 5.92 Å². The number of nitrogens with zero attached hydrogens (tertiary/aromatic N) is 1. The van der Waals surface area contributed by atoms with Gasteiger partial charge >= 0.3 is 5.97 Å². The highest BCUT2D eigenvalue weighted by molar-refractivity contribution is 14.1. The third kappa shape index (κ3) is 3.27. The second kappa shape index (κ2) is 6.53. The highest BCUT2D eigenvalue weighted by Gasteiger charge is 2.36. The molecule has 3 aliphatic heterocycles. The van der Waals surface area contributed by atoms with Crippen molar-refractivity contribution in [3.8, 4) is 0 Å². The monoisotopic (exact) mass is 609 g/mol. The van der Waals surface area contributed by atoms with Gasteiger partial charge in [0.1, 0.15) is 6.10 Å². The largest absolute Gasteiger partial charge is 0.457 e. The van der Waals surface area contributed by atoms with Gasteiger partial charge in [0.2, 0.25) is 0 Å². The van der Waals surface area contributed by atoms with Gasteiger partial charge in [-0.3, -0.25) is 4.90 Å². The van der Waals surface area contributed by atoms with Crippen LogP contribution in [0.5, 0.6) is 0 Å². The third-order valence-corrected chi connectivity index (χ3v) is 7.74. The zero-order valence-electron chi connectivity index (χ0n) is 10.7. The van der Waals surface area contributed by atoms with E-state index in [1.807, 2.05) is 6.07 Å². The highest BCUT2D eigenvalue weighted by atomic mass is 127. The number of carbonyl (C=O) groups excluding carboxylic acids is 1. The van der Waals surface area contributed by atoms with Gasteiger partial charge in [-0.15, -0.1) is 0 Å². The SMILES string of the molecule is O=C(OC1CN2CCC1CC2)c1cc(I)cc(I)c1I. The number of piperidine rings is 3. The molecule has 108 valence electrons. The molecule has 0 saturated carbocycles. The number of esters is 1. The van der Waals surface area contributed by atoms with Gasteiger partial charge in [0.15, 0.2) is 0 Å². The van der Waals surface area contributed by atoms with Crippen molar-refractivity contribution in [3.63, 3.8) is 0 Å². The molecule has 4 rings (SSSR count). The Morgan fingerprint density at radius 2 is 1.90 bits per heavy atom. The summed E-state index contributed by atoms with van der Waals surface area (Å²) in [6, 6.07) is 4.00. The molecule has 1 atom stereocenters. The number of benzene rings is 1. The first kappa shape index (κ1) is 15.7. The van der Waals surface area contributed by atoms with Crippen molar-refractivity contribution in [2.45, 2.75) is 18.9 Å². The molecule has 0 aliphatic carbocycles. The van der Waals surface area contributed by atoms with Gasteiger partial charge in [0.25, 0.3) is 0 Å². The molecule has 3 heterocycles. The van der Waals surface area contributed by atoms with E-state index in [2.05, 4.69) is 78.7 Å². The molecule has 6 heteroatoms. The number of fused-ring (bicyclic) bond motifs is 3. The summed E-state index contributed by atoms with van der Waals surface area (Å²) in [5.74, 6) is 0.396. The van der Waals surface area contributed by atoms with Crippen LogP contribution in [0.15, 0.2) is 12.1 Å². The first-order chi connectivity index (χ1) is 9.54. The summed E-state index contributed by atoms with van der Waals surface area (Å²) in [4.78, 5) is 14.9. The normalized spacial score (nSPS) is 28.4. The van der Waals surface area contributed by atoms with Gasteiger partial charge in [-0.2, -0.15) is 0 Å². The molecule has 0 radical (unpaired) electrons. The predicted molar refractivity (Wildman–Crippen MR) is 103 cm³/mol. The molecule has 20 heavy (non-hydrogen) atoms. The van der Waals surface area contributed by atoms with E-state index in [4.69, 9.17) is 4.74 Å². The van der Waals surface area contributed by atoms with Crippen molar-refractivity contribution in [3.05, 3.63) is 28.4 Å². The van der Waals surface area contributed by atoms with E-state index >= 15 is 0 Å². The predicted octanol–water partition coefficient (Wildman–Crippen LogP) is 3.75. The van der Waals surface area contributed by atoms with E-state index < -0.39 is 0 Å². The van der Waals surface area contributed by atoms with Crippen molar-refractivity contribution in [1.29, 1.82) is 0 Å².